The lowest BCUT2D eigenvalue weighted by Crippen LogP contribution is -2.43. The number of ether oxygens (including phenoxy) is 1. The smallest absolute Gasteiger partial charge is 0.317 e. The summed E-state index contributed by atoms with van der Waals surface area (Å²) in [5, 5.41) is 18.9. The van der Waals surface area contributed by atoms with Crippen LogP contribution in [0.15, 0.2) is 24.3 Å². The van der Waals surface area contributed by atoms with E-state index < -0.39 is 12.1 Å². The van der Waals surface area contributed by atoms with Crippen molar-refractivity contribution in [3.05, 3.63) is 29.8 Å². The molecule has 2 atom stereocenters. The van der Waals surface area contributed by atoms with Crippen LogP contribution in [0.5, 0.6) is 5.75 Å². The molecule has 1 heterocycles. The van der Waals surface area contributed by atoms with Gasteiger partial charge >= 0.3 is 5.97 Å². The number of aryl methyl sites for hydroxylation is 1. The maximum atomic E-state index is 12.3. The molecule has 0 spiro atoms. The van der Waals surface area contributed by atoms with E-state index in [-0.39, 0.29) is 25.0 Å². The Hall–Kier alpha value is -2.12. The van der Waals surface area contributed by atoms with Crippen molar-refractivity contribution in [1.29, 1.82) is 0 Å². The predicted molar refractivity (Wildman–Crippen MR) is 88.0 cm³/mol. The molecular formula is C17H24N2O5. The van der Waals surface area contributed by atoms with E-state index in [9.17, 15) is 14.7 Å². The number of nitrogens with zero attached hydrogens (tertiary/aromatic N) is 2. The third-order valence-corrected chi connectivity index (χ3v) is 4.35. The van der Waals surface area contributed by atoms with Crippen molar-refractivity contribution >= 4 is 11.9 Å². The molecule has 1 amide bonds. The zero-order valence-electron chi connectivity index (χ0n) is 14.0. The fraction of sp³-hybridized carbons (Fsp3) is 0.529. The number of carboxylic acids is 1. The van der Waals surface area contributed by atoms with Crippen LogP contribution in [-0.2, 0) is 16.0 Å². The van der Waals surface area contributed by atoms with E-state index in [4.69, 9.17) is 9.84 Å². The molecule has 2 rings (SSSR count). The first kappa shape index (κ1) is 18.2. The Morgan fingerprint density at radius 2 is 1.96 bits per heavy atom. The number of carbonyl (C=O) groups excluding carboxylic acids is 1. The second-order valence-electron chi connectivity index (χ2n) is 6.09. The van der Waals surface area contributed by atoms with Crippen LogP contribution < -0.4 is 4.74 Å². The minimum atomic E-state index is -0.950. The Labute approximate surface area is 141 Å². The minimum absolute atomic E-state index is 0.0314. The van der Waals surface area contributed by atoms with Crippen molar-refractivity contribution in [2.45, 2.75) is 25.0 Å². The van der Waals surface area contributed by atoms with Gasteiger partial charge < -0.3 is 19.8 Å². The molecule has 7 heteroatoms. The first-order valence-corrected chi connectivity index (χ1v) is 7.91. The van der Waals surface area contributed by atoms with Gasteiger partial charge in [0.2, 0.25) is 5.91 Å². The van der Waals surface area contributed by atoms with Gasteiger partial charge in [0.15, 0.2) is 0 Å². The lowest BCUT2D eigenvalue weighted by Gasteiger charge is -2.24. The Kier molecular flexibility index (Phi) is 6.16. The van der Waals surface area contributed by atoms with Gasteiger partial charge in [-0.05, 0) is 31.2 Å². The molecule has 1 aliphatic heterocycles. The number of β-amino-alcohol motifs (C(OH)–C–C–N with tert-alkyl or cyclic N) is 1. The van der Waals surface area contributed by atoms with Gasteiger partial charge in [0.05, 0.1) is 25.8 Å². The molecule has 1 saturated heterocycles. The standard InChI is InChI=1S/C17H24N2O5/c1-18(11-17(22)23)14-9-19(10-15(14)20)16(21)8-5-12-3-6-13(24-2)7-4-12/h3-4,6-7,14-15,20H,5,8-11H2,1-2H3,(H,22,23)/t14-,15+/m0/s1. The molecule has 0 aliphatic carbocycles. The van der Waals surface area contributed by atoms with Crippen LogP contribution in [-0.4, -0.2) is 77.8 Å². The lowest BCUT2D eigenvalue weighted by atomic mass is 10.1. The number of likely N-dealkylation sites (tertiary alicyclic amines) is 1. The average Bonchev–Trinajstić information content (AvgIpc) is 2.94. The number of aliphatic hydroxyl groups is 1. The molecule has 132 valence electrons. The Bertz CT molecular complexity index is 575. The number of carbonyl (C=O) groups is 2. The molecule has 0 bridgehead atoms. The van der Waals surface area contributed by atoms with Crippen LogP contribution in [0.4, 0.5) is 0 Å². The van der Waals surface area contributed by atoms with Crippen LogP contribution in [0.2, 0.25) is 0 Å². The first-order chi connectivity index (χ1) is 11.4. The third kappa shape index (κ3) is 4.69. The van der Waals surface area contributed by atoms with Crippen LogP contribution in [0.25, 0.3) is 0 Å². The highest BCUT2D eigenvalue weighted by Gasteiger charge is 2.36. The van der Waals surface area contributed by atoms with Crippen LogP contribution in [0.3, 0.4) is 0 Å². The molecule has 0 aromatic heterocycles. The summed E-state index contributed by atoms with van der Waals surface area (Å²) in [5.74, 6) is -0.206. The SMILES string of the molecule is COc1ccc(CCC(=O)N2C[C@@H](O)[C@@H](N(C)CC(=O)O)C2)cc1. The largest absolute Gasteiger partial charge is 0.497 e. The number of benzene rings is 1. The number of hydrogen-bond acceptors (Lipinski definition) is 5. The van der Waals surface area contributed by atoms with Gasteiger partial charge in [-0.2, -0.15) is 0 Å². The number of rotatable bonds is 7. The number of likely N-dealkylation sites (N-methyl/N-ethyl adjacent to an activating group) is 1. The summed E-state index contributed by atoms with van der Waals surface area (Å²) in [5.41, 5.74) is 1.04. The average molecular weight is 336 g/mol. The van der Waals surface area contributed by atoms with E-state index in [0.717, 1.165) is 11.3 Å². The van der Waals surface area contributed by atoms with Gasteiger partial charge in [0.25, 0.3) is 0 Å². The van der Waals surface area contributed by atoms with E-state index in [1.54, 1.807) is 24.0 Å². The minimum Gasteiger partial charge on any atom is -0.497 e. The van der Waals surface area contributed by atoms with Crippen molar-refractivity contribution in [3.63, 3.8) is 0 Å². The maximum absolute atomic E-state index is 12.3. The normalized spacial score (nSPS) is 20.4. The summed E-state index contributed by atoms with van der Waals surface area (Å²) < 4.78 is 5.10. The monoisotopic (exact) mass is 336 g/mol. The molecule has 0 radical (unpaired) electrons. The van der Waals surface area contributed by atoms with Crippen LogP contribution in [0, 0.1) is 0 Å². The Morgan fingerprint density at radius 3 is 2.54 bits per heavy atom. The molecule has 24 heavy (non-hydrogen) atoms. The highest BCUT2D eigenvalue weighted by atomic mass is 16.5. The zero-order valence-corrected chi connectivity index (χ0v) is 14.0. The molecule has 0 saturated carbocycles. The van der Waals surface area contributed by atoms with E-state index in [2.05, 4.69) is 0 Å². The zero-order chi connectivity index (χ0) is 17.7. The fourth-order valence-corrected chi connectivity index (χ4v) is 2.94. The Morgan fingerprint density at radius 1 is 1.29 bits per heavy atom. The summed E-state index contributed by atoms with van der Waals surface area (Å²) in [7, 11) is 3.25. The van der Waals surface area contributed by atoms with E-state index >= 15 is 0 Å². The lowest BCUT2D eigenvalue weighted by molar-refractivity contribution is -0.138. The van der Waals surface area contributed by atoms with Crippen molar-refractivity contribution in [1.82, 2.24) is 9.80 Å². The van der Waals surface area contributed by atoms with E-state index in [0.29, 0.717) is 19.4 Å². The van der Waals surface area contributed by atoms with Crippen molar-refractivity contribution in [2.24, 2.45) is 0 Å². The van der Waals surface area contributed by atoms with E-state index in [1.165, 1.54) is 0 Å². The van der Waals surface area contributed by atoms with Gasteiger partial charge in [0, 0.05) is 19.5 Å². The van der Waals surface area contributed by atoms with Crippen LogP contribution >= 0.6 is 0 Å². The van der Waals surface area contributed by atoms with Crippen molar-refractivity contribution in [3.8, 4) is 5.75 Å². The molecule has 1 aliphatic rings. The summed E-state index contributed by atoms with van der Waals surface area (Å²) in [6.07, 6.45) is 0.249. The number of methoxy groups -OCH3 is 1. The molecule has 2 N–H and O–H groups in total. The molecule has 1 aromatic carbocycles. The van der Waals surface area contributed by atoms with Gasteiger partial charge in [-0.15, -0.1) is 0 Å². The number of amides is 1. The molecule has 7 nitrogen and oxygen atoms in total. The summed E-state index contributed by atoms with van der Waals surface area (Å²) in [6.45, 7) is 0.443. The second-order valence-corrected chi connectivity index (χ2v) is 6.09. The fourth-order valence-electron chi connectivity index (χ4n) is 2.94. The first-order valence-electron chi connectivity index (χ1n) is 7.91. The van der Waals surface area contributed by atoms with Gasteiger partial charge in [-0.25, -0.2) is 0 Å². The van der Waals surface area contributed by atoms with Gasteiger partial charge in [0.1, 0.15) is 5.75 Å². The van der Waals surface area contributed by atoms with Gasteiger partial charge in [-0.1, -0.05) is 12.1 Å². The number of hydrogen-bond donors (Lipinski definition) is 2. The molecule has 1 fully saturated rings. The summed E-state index contributed by atoms with van der Waals surface area (Å²) in [6, 6.07) is 7.22. The summed E-state index contributed by atoms with van der Waals surface area (Å²) in [4.78, 5) is 26.3. The van der Waals surface area contributed by atoms with Crippen molar-refractivity contribution < 1.29 is 24.5 Å². The number of aliphatic carboxylic acids is 1. The highest BCUT2D eigenvalue weighted by molar-refractivity contribution is 5.77. The second kappa shape index (κ2) is 8.12. The maximum Gasteiger partial charge on any atom is 0.317 e. The Balaban J connectivity index is 1.85. The predicted octanol–water partition coefficient (Wildman–Crippen LogP) is 0.216. The highest BCUT2D eigenvalue weighted by Crippen LogP contribution is 2.18. The molecular weight excluding hydrogens is 312 g/mol. The summed E-state index contributed by atoms with van der Waals surface area (Å²) >= 11 is 0. The van der Waals surface area contributed by atoms with Gasteiger partial charge in [-0.3, -0.25) is 14.5 Å². The quantitative estimate of drug-likeness (QED) is 0.740. The van der Waals surface area contributed by atoms with Crippen LogP contribution in [0.1, 0.15) is 12.0 Å². The molecule has 0 unspecified atom stereocenters. The number of aliphatic hydroxyl groups excluding tert-OH is 1. The topological polar surface area (TPSA) is 90.3 Å². The third-order valence-electron chi connectivity index (χ3n) is 4.35. The number of carboxylic acid groups (broad SMARTS) is 1. The van der Waals surface area contributed by atoms with Crippen molar-refractivity contribution in [2.75, 3.05) is 33.8 Å². The molecule has 1 aromatic rings. The van der Waals surface area contributed by atoms with E-state index in [1.807, 2.05) is 24.3 Å².